The van der Waals surface area contributed by atoms with E-state index >= 15 is 0 Å². The first-order chi connectivity index (χ1) is 7.50. The molecule has 1 aliphatic carbocycles. The molecule has 2 heteroatoms. The van der Waals surface area contributed by atoms with E-state index in [-0.39, 0.29) is 6.04 Å². The minimum absolute atomic E-state index is 0.121. The summed E-state index contributed by atoms with van der Waals surface area (Å²) in [6.07, 6.45) is 3.82. The van der Waals surface area contributed by atoms with Crippen LogP contribution in [0.3, 0.4) is 0 Å². The van der Waals surface area contributed by atoms with Crippen molar-refractivity contribution in [1.82, 2.24) is 0 Å². The normalized spacial score (nSPS) is 25.6. The van der Waals surface area contributed by atoms with Crippen molar-refractivity contribution in [3.8, 4) is 0 Å². The van der Waals surface area contributed by atoms with Gasteiger partial charge in [0, 0.05) is 11.1 Å². The van der Waals surface area contributed by atoms with Gasteiger partial charge in [-0.25, -0.2) is 0 Å². The third-order valence-electron chi connectivity index (χ3n) is 4.01. The molecule has 0 bridgehead atoms. The number of benzene rings is 1. The summed E-state index contributed by atoms with van der Waals surface area (Å²) in [6.45, 7) is 4.66. The van der Waals surface area contributed by atoms with E-state index in [1.807, 2.05) is 18.2 Å². The molecule has 1 saturated carbocycles. The Morgan fingerprint density at radius 3 is 2.75 bits per heavy atom. The molecule has 1 nitrogen and oxygen atoms in total. The van der Waals surface area contributed by atoms with Crippen LogP contribution in [0.4, 0.5) is 0 Å². The van der Waals surface area contributed by atoms with Gasteiger partial charge in [-0.3, -0.25) is 0 Å². The number of rotatable bonds is 2. The van der Waals surface area contributed by atoms with Crippen molar-refractivity contribution in [2.75, 3.05) is 0 Å². The predicted molar refractivity (Wildman–Crippen MR) is 69.5 cm³/mol. The molecule has 0 amide bonds. The van der Waals surface area contributed by atoms with Gasteiger partial charge in [-0.15, -0.1) is 0 Å². The fraction of sp³-hybridized carbons (Fsp3) is 0.571. The molecule has 1 fully saturated rings. The maximum Gasteiger partial charge on any atom is 0.0409 e. The first-order valence-electron chi connectivity index (χ1n) is 6.02. The van der Waals surface area contributed by atoms with Crippen LogP contribution < -0.4 is 5.73 Å². The first kappa shape index (κ1) is 11.9. The maximum atomic E-state index is 6.39. The van der Waals surface area contributed by atoms with Gasteiger partial charge in [0.1, 0.15) is 0 Å². The van der Waals surface area contributed by atoms with Crippen molar-refractivity contribution in [3.05, 3.63) is 34.9 Å². The smallest absolute Gasteiger partial charge is 0.0409 e. The highest BCUT2D eigenvalue weighted by atomic mass is 35.5. The lowest BCUT2D eigenvalue weighted by atomic mass is 9.76. The average molecular weight is 238 g/mol. The molecule has 2 N–H and O–H groups in total. The second kappa shape index (κ2) is 4.38. The van der Waals surface area contributed by atoms with E-state index in [2.05, 4.69) is 19.9 Å². The van der Waals surface area contributed by atoms with Crippen molar-refractivity contribution >= 4 is 11.6 Å². The fourth-order valence-corrected chi connectivity index (χ4v) is 3.16. The molecule has 0 heterocycles. The Hall–Kier alpha value is -0.530. The van der Waals surface area contributed by atoms with Crippen LogP contribution >= 0.6 is 11.6 Å². The predicted octanol–water partition coefficient (Wildman–Crippen LogP) is 4.17. The highest BCUT2D eigenvalue weighted by Crippen LogP contribution is 2.47. The molecular weight excluding hydrogens is 218 g/mol. The van der Waals surface area contributed by atoms with Crippen LogP contribution in [0.15, 0.2) is 24.3 Å². The van der Waals surface area contributed by atoms with Gasteiger partial charge < -0.3 is 5.73 Å². The molecule has 2 rings (SSSR count). The Bertz CT molecular complexity index is 373. The first-order valence-corrected chi connectivity index (χ1v) is 6.39. The summed E-state index contributed by atoms with van der Waals surface area (Å²) in [7, 11) is 0. The summed E-state index contributed by atoms with van der Waals surface area (Å²) < 4.78 is 0. The van der Waals surface area contributed by atoms with Crippen molar-refractivity contribution in [2.24, 2.45) is 17.1 Å². The molecule has 0 spiro atoms. The van der Waals surface area contributed by atoms with Crippen LogP contribution in [0.2, 0.25) is 5.02 Å². The second-order valence-corrected chi connectivity index (χ2v) is 6.00. The SMILES string of the molecule is CC1(C)CCCC1C(N)c1cccc(Cl)c1. The molecule has 2 atom stereocenters. The summed E-state index contributed by atoms with van der Waals surface area (Å²) in [5, 5.41) is 0.781. The Morgan fingerprint density at radius 2 is 2.19 bits per heavy atom. The van der Waals surface area contributed by atoms with Gasteiger partial charge in [0.2, 0.25) is 0 Å². The monoisotopic (exact) mass is 237 g/mol. The van der Waals surface area contributed by atoms with Crippen molar-refractivity contribution < 1.29 is 0 Å². The van der Waals surface area contributed by atoms with Crippen LogP contribution in [0, 0.1) is 11.3 Å². The summed E-state index contributed by atoms with van der Waals surface area (Å²) in [4.78, 5) is 0. The van der Waals surface area contributed by atoms with E-state index < -0.39 is 0 Å². The minimum Gasteiger partial charge on any atom is -0.324 e. The molecule has 0 aliphatic heterocycles. The largest absolute Gasteiger partial charge is 0.324 e. The zero-order valence-electron chi connectivity index (χ0n) is 10.0. The van der Waals surface area contributed by atoms with Gasteiger partial charge in [0.05, 0.1) is 0 Å². The molecule has 0 saturated heterocycles. The Morgan fingerprint density at radius 1 is 1.44 bits per heavy atom. The van der Waals surface area contributed by atoms with Crippen molar-refractivity contribution in [3.63, 3.8) is 0 Å². The Kier molecular flexibility index (Phi) is 3.27. The topological polar surface area (TPSA) is 26.0 Å². The van der Waals surface area contributed by atoms with Crippen molar-refractivity contribution in [1.29, 1.82) is 0 Å². The number of hydrogen-bond acceptors (Lipinski definition) is 1. The zero-order valence-corrected chi connectivity index (χ0v) is 10.8. The molecule has 0 aromatic heterocycles. The van der Waals surface area contributed by atoms with Gasteiger partial charge >= 0.3 is 0 Å². The number of hydrogen-bond donors (Lipinski definition) is 1. The Balaban J connectivity index is 2.22. The van der Waals surface area contributed by atoms with Crippen molar-refractivity contribution in [2.45, 2.75) is 39.2 Å². The van der Waals surface area contributed by atoms with Crippen LogP contribution in [0.5, 0.6) is 0 Å². The van der Waals surface area contributed by atoms with Crippen LogP contribution in [0.1, 0.15) is 44.7 Å². The molecule has 1 aliphatic rings. The highest BCUT2D eigenvalue weighted by Gasteiger charge is 2.38. The third kappa shape index (κ3) is 2.26. The number of nitrogens with two attached hydrogens (primary N) is 1. The van der Waals surface area contributed by atoms with E-state index in [0.717, 1.165) is 5.02 Å². The molecule has 16 heavy (non-hydrogen) atoms. The third-order valence-corrected chi connectivity index (χ3v) is 4.24. The lowest BCUT2D eigenvalue weighted by Gasteiger charge is -2.32. The fourth-order valence-electron chi connectivity index (χ4n) is 2.97. The maximum absolute atomic E-state index is 6.39. The molecule has 0 radical (unpaired) electrons. The molecule has 2 unspecified atom stereocenters. The highest BCUT2D eigenvalue weighted by molar-refractivity contribution is 6.30. The molecule has 88 valence electrons. The van der Waals surface area contributed by atoms with Gasteiger partial charge in [0.15, 0.2) is 0 Å². The lowest BCUT2D eigenvalue weighted by Crippen LogP contribution is -2.29. The lowest BCUT2D eigenvalue weighted by molar-refractivity contribution is 0.222. The van der Waals surface area contributed by atoms with E-state index in [1.54, 1.807) is 0 Å². The van der Waals surface area contributed by atoms with Crippen LogP contribution in [-0.4, -0.2) is 0 Å². The quantitative estimate of drug-likeness (QED) is 0.821. The number of halogens is 1. The van der Waals surface area contributed by atoms with Gasteiger partial charge in [0.25, 0.3) is 0 Å². The summed E-state index contributed by atoms with van der Waals surface area (Å²) >= 11 is 6.01. The standard InChI is InChI=1S/C14H20ClN/c1-14(2)8-4-7-12(14)13(16)10-5-3-6-11(15)9-10/h3,5-6,9,12-13H,4,7-8,16H2,1-2H3. The van der Waals surface area contributed by atoms with E-state index in [9.17, 15) is 0 Å². The van der Waals surface area contributed by atoms with E-state index in [4.69, 9.17) is 17.3 Å². The summed E-state index contributed by atoms with van der Waals surface area (Å²) in [5.74, 6) is 0.575. The second-order valence-electron chi connectivity index (χ2n) is 5.57. The van der Waals surface area contributed by atoms with E-state index in [1.165, 1.54) is 24.8 Å². The average Bonchev–Trinajstić information content (AvgIpc) is 2.57. The van der Waals surface area contributed by atoms with Crippen LogP contribution in [-0.2, 0) is 0 Å². The van der Waals surface area contributed by atoms with Gasteiger partial charge in [-0.2, -0.15) is 0 Å². The molecule has 1 aromatic rings. The molecular formula is C14H20ClN. The van der Waals surface area contributed by atoms with Gasteiger partial charge in [-0.1, -0.05) is 44.0 Å². The molecule has 1 aromatic carbocycles. The van der Waals surface area contributed by atoms with Crippen LogP contribution in [0.25, 0.3) is 0 Å². The summed E-state index contributed by atoms with van der Waals surface area (Å²) in [6, 6.07) is 8.10. The van der Waals surface area contributed by atoms with Gasteiger partial charge in [-0.05, 0) is 41.9 Å². The summed E-state index contributed by atoms with van der Waals surface area (Å²) in [5.41, 5.74) is 7.92. The Labute approximate surface area is 103 Å². The van der Waals surface area contributed by atoms with E-state index in [0.29, 0.717) is 11.3 Å². The minimum atomic E-state index is 0.121. The zero-order chi connectivity index (χ0) is 11.8.